The molecule has 1 aromatic carbocycles. The molecular formula is C16H23NO3S. The fourth-order valence-electron chi connectivity index (χ4n) is 1.90. The highest BCUT2D eigenvalue weighted by molar-refractivity contribution is 7.89. The Bertz CT molecular complexity index is 654. The van der Waals surface area contributed by atoms with Crippen LogP contribution in [0.15, 0.2) is 23.1 Å². The fourth-order valence-corrected chi connectivity index (χ4v) is 3.51. The molecule has 0 aromatic heterocycles. The van der Waals surface area contributed by atoms with Crippen LogP contribution in [0.2, 0.25) is 0 Å². The van der Waals surface area contributed by atoms with Crippen LogP contribution < -0.4 is 0 Å². The van der Waals surface area contributed by atoms with Gasteiger partial charge in [0, 0.05) is 18.7 Å². The van der Waals surface area contributed by atoms with Crippen molar-refractivity contribution >= 4 is 10.0 Å². The molecule has 0 aliphatic carbocycles. The highest BCUT2D eigenvalue weighted by Gasteiger charge is 2.28. The molecule has 0 saturated heterocycles. The molecular weight excluding hydrogens is 286 g/mol. The van der Waals surface area contributed by atoms with Crippen molar-refractivity contribution in [2.45, 2.75) is 38.6 Å². The molecule has 1 N–H and O–H groups in total. The first-order valence-electron chi connectivity index (χ1n) is 6.90. The largest absolute Gasteiger partial charge is 0.384 e. The molecule has 0 bridgehead atoms. The molecule has 0 spiro atoms. The normalized spacial score (nSPS) is 13.1. The Balaban J connectivity index is 3.38. The molecule has 0 saturated carbocycles. The van der Waals surface area contributed by atoms with E-state index in [9.17, 15) is 8.42 Å². The molecule has 0 fully saturated rings. The van der Waals surface area contributed by atoms with E-state index in [2.05, 4.69) is 11.8 Å². The van der Waals surface area contributed by atoms with Gasteiger partial charge in [-0.2, -0.15) is 4.31 Å². The number of aryl methyl sites for hydroxylation is 1. The molecule has 0 radical (unpaired) electrons. The predicted octanol–water partition coefficient (Wildman–Crippen LogP) is 2.00. The average molecular weight is 309 g/mol. The molecule has 5 heteroatoms. The Kier molecular flexibility index (Phi) is 5.97. The van der Waals surface area contributed by atoms with Crippen molar-refractivity contribution < 1.29 is 13.5 Å². The second-order valence-corrected chi connectivity index (χ2v) is 7.43. The van der Waals surface area contributed by atoms with Gasteiger partial charge in [0.05, 0.1) is 4.90 Å². The van der Waals surface area contributed by atoms with Crippen LogP contribution in [0.5, 0.6) is 0 Å². The summed E-state index contributed by atoms with van der Waals surface area (Å²) in [5, 5.41) is 8.83. The lowest BCUT2D eigenvalue weighted by atomic mass is 10.1. The number of aliphatic hydroxyl groups excluding tert-OH is 1. The molecule has 0 heterocycles. The monoisotopic (exact) mass is 309 g/mol. The van der Waals surface area contributed by atoms with Crippen LogP contribution in [0.1, 0.15) is 31.9 Å². The number of nitrogens with zero attached hydrogens (tertiary/aromatic N) is 1. The van der Waals surface area contributed by atoms with Gasteiger partial charge in [-0.05, 0) is 37.5 Å². The molecule has 116 valence electrons. The summed E-state index contributed by atoms with van der Waals surface area (Å²) in [4.78, 5) is 0.184. The van der Waals surface area contributed by atoms with E-state index in [1.54, 1.807) is 25.2 Å². The van der Waals surface area contributed by atoms with E-state index < -0.39 is 10.0 Å². The van der Waals surface area contributed by atoms with Gasteiger partial charge in [-0.3, -0.25) is 0 Å². The Morgan fingerprint density at radius 1 is 1.29 bits per heavy atom. The number of hydrogen-bond donors (Lipinski definition) is 1. The zero-order valence-electron chi connectivity index (χ0n) is 13.2. The third-order valence-electron chi connectivity index (χ3n) is 3.63. The first-order chi connectivity index (χ1) is 9.71. The molecule has 21 heavy (non-hydrogen) atoms. The van der Waals surface area contributed by atoms with Gasteiger partial charge in [-0.15, -0.1) is 0 Å². The summed E-state index contributed by atoms with van der Waals surface area (Å²) in [6.45, 7) is 7.43. The van der Waals surface area contributed by atoms with E-state index in [1.807, 2.05) is 27.7 Å². The molecule has 0 aliphatic heterocycles. The third kappa shape index (κ3) is 4.07. The number of hydrogen-bond acceptors (Lipinski definition) is 3. The maximum absolute atomic E-state index is 12.8. The maximum Gasteiger partial charge on any atom is 0.244 e. The minimum absolute atomic E-state index is 0.116. The van der Waals surface area contributed by atoms with Crippen LogP contribution in [0.3, 0.4) is 0 Å². The van der Waals surface area contributed by atoms with Crippen molar-refractivity contribution in [3.63, 3.8) is 0 Å². The summed E-state index contributed by atoms with van der Waals surface area (Å²) < 4.78 is 26.9. The summed E-state index contributed by atoms with van der Waals surface area (Å²) in [7, 11) is -2.03. The van der Waals surface area contributed by atoms with E-state index in [1.165, 1.54) is 4.31 Å². The summed E-state index contributed by atoms with van der Waals surface area (Å²) in [5.74, 6) is 5.46. The smallest absolute Gasteiger partial charge is 0.244 e. The molecule has 1 aromatic rings. The van der Waals surface area contributed by atoms with Crippen molar-refractivity contribution in [1.82, 2.24) is 4.31 Å². The number of aliphatic hydroxyl groups is 1. The van der Waals surface area contributed by atoms with Gasteiger partial charge in [0.1, 0.15) is 6.61 Å². The first-order valence-corrected chi connectivity index (χ1v) is 8.34. The van der Waals surface area contributed by atoms with Crippen molar-refractivity contribution in [2.24, 2.45) is 5.92 Å². The van der Waals surface area contributed by atoms with E-state index in [-0.39, 0.29) is 23.5 Å². The van der Waals surface area contributed by atoms with Crippen molar-refractivity contribution in [1.29, 1.82) is 0 Å². The second kappa shape index (κ2) is 7.08. The summed E-state index contributed by atoms with van der Waals surface area (Å²) in [5.41, 5.74) is 1.35. The molecule has 1 atom stereocenters. The molecule has 1 rings (SSSR count). The van der Waals surface area contributed by atoms with Crippen molar-refractivity contribution in [2.75, 3.05) is 13.7 Å². The second-order valence-electron chi connectivity index (χ2n) is 5.47. The van der Waals surface area contributed by atoms with Gasteiger partial charge < -0.3 is 5.11 Å². The summed E-state index contributed by atoms with van der Waals surface area (Å²) >= 11 is 0. The Hall–Kier alpha value is -1.35. The Morgan fingerprint density at radius 2 is 1.90 bits per heavy atom. The molecule has 0 amide bonds. The van der Waals surface area contributed by atoms with Crippen molar-refractivity contribution in [3.05, 3.63) is 29.3 Å². The Morgan fingerprint density at radius 3 is 2.43 bits per heavy atom. The Labute approximate surface area is 127 Å². The van der Waals surface area contributed by atoms with Gasteiger partial charge in [0.25, 0.3) is 0 Å². The number of rotatable bonds is 4. The highest BCUT2D eigenvalue weighted by atomic mass is 32.2. The van der Waals surface area contributed by atoms with E-state index in [0.717, 1.165) is 5.56 Å². The highest BCUT2D eigenvalue weighted by Crippen LogP contribution is 2.23. The fraction of sp³-hybridized carbons (Fsp3) is 0.500. The van der Waals surface area contributed by atoms with Crippen LogP contribution in [-0.2, 0) is 10.0 Å². The topological polar surface area (TPSA) is 57.6 Å². The molecule has 1 unspecified atom stereocenters. The van der Waals surface area contributed by atoms with E-state index >= 15 is 0 Å². The van der Waals surface area contributed by atoms with Gasteiger partial charge >= 0.3 is 0 Å². The number of benzene rings is 1. The van der Waals surface area contributed by atoms with Gasteiger partial charge in [-0.1, -0.05) is 31.8 Å². The lowest BCUT2D eigenvalue weighted by Gasteiger charge is -2.27. The first kappa shape index (κ1) is 17.7. The quantitative estimate of drug-likeness (QED) is 0.866. The predicted molar refractivity (Wildman–Crippen MR) is 84.4 cm³/mol. The van der Waals surface area contributed by atoms with Gasteiger partial charge in [0.2, 0.25) is 10.0 Å². The van der Waals surface area contributed by atoms with Crippen LogP contribution in [-0.4, -0.2) is 37.5 Å². The maximum atomic E-state index is 12.8. The van der Waals surface area contributed by atoms with Gasteiger partial charge in [0.15, 0.2) is 0 Å². The lowest BCUT2D eigenvalue weighted by molar-refractivity contribution is 0.315. The van der Waals surface area contributed by atoms with Gasteiger partial charge in [-0.25, -0.2) is 8.42 Å². The minimum atomic E-state index is -3.61. The molecule has 0 aliphatic rings. The zero-order chi connectivity index (χ0) is 16.2. The van der Waals surface area contributed by atoms with Crippen LogP contribution in [0.25, 0.3) is 0 Å². The summed E-state index contributed by atoms with van der Waals surface area (Å²) in [6.07, 6.45) is 0. The number of sulfonamides is 1. The standard InChI is InChI=1S/C16H23NO3S/c1-12(2)14(4)17(5)21(19,20)16-9-8-13(3)11-15(16)7-6-10-18/h8-9,11-12,14,18H,10H2,1-5H3. The van der Waals surface area contributed by atoms with Crippen LogP contribution in [0, 0.1) is 24.7 Å². The third-order valence-corrected chi connectivity index (χ3v) is 5.64. The SMILES string of the molecule is Cc1ccc(S(=O)(=O)N(C)C(C)C(C)C)c(C#CCO)c1. The average Bonchev–Trinajstić information content (AvgIpc) is 2.42. The minimum Gasteiger partial charge on any atom is -0.384 e. The summed E-state index contributed by atoms with van der Waals surface area (Å²) in [6, 6.07) is 4.94. The lowest BCUT2D eigenvalue weighted by Crippen LogP contribution is -2.38. The van der Waals surface area contributed by atoms with E-state index in [0.29, 0.717) is 5.56 Å². The van der Waals surface area contributed by atoms with E-state index in [4.69, 9.17) is 5.11 Å². The molecule has 4 nitrogen and oxygen atoms in total. The van der Waals surface area contributed by atoms with Crippen LogP contribution >= 0.6 is 0 Å². The van der Waals surface area contributed by atoms with Crippen LogP contribution in [0.4, 0.5) is 0 Å². The zero-order valence-corrected chi connectivity index (χ0v) is 14.0. The van der Waals surface area contributed by atoms with Crippen molar-refractivity contribution in [3.8, 4) is 11.8 Å².